The van der Waals surface area contributed by atoms with Gasteiger partial charge in [-0.3, -0.25) is 9.59 Å². The number of amides is 2. The molecule has 5 rings (SSSR count). The summed E-state index contributed by atoms with van der Waals surface area (Å²) >= 11 is 1.57. The van der Waals surface area contributed by atoms with Gasteiger partial charge in [0.15, 0.2) is 6.61 Å². The summed E-state index contributed by atoms with van der Waals surface area (Å²) in [5, 5.41) is 1.81. The van der Waals surface area contributed by atoms with Crippen LogP contribution in [0.25, 0.3) is 10.8 Å². The standard InChI is InChI=1S/C24H27N3O6S2/c1-24-9-8-21(28)27(24)20(16-34-24)23(30)33-15-22(29)25-10-12-26(13-11-25)35(31,32)19-7-6-17-4-2-3-5-18(17)14-19/h2-7,14,20H,8-13,15-16H2,1H3/t20-,24+/m0/s1. The fourth-order valence-electron chi connectivity index (χ4n) is 4.97. The smallest absolute Gasteiger partial charge is 0.330 e. The van der Waals surface area contributed by atoms with Gasteiger partial charge in [0.25, 0.3) is 5.91 Å². The zero-order valence-corrected chi connectivity index (χ0v) is 21.0. The number of thioether (sulfide) groups is 1. The lowest BCUT2D eigenvalue weighted by Gasteiger charge is -2.34. The van der Waals surface area contributed by atoms with Crippen LogP contribution in [0.15, 0.2) is 47.4 Å². The van der Waals surface area contributed by atoms with Crippen LogP contribution in [0.2, 0.25) is 0 Å². The monoisotopic (exact) mass is 517 g/mol. The van der Waals surface area contributed by atoms with E-state index >= 15 is 0 Å². The van der Waals surface area contributed by atoms with Gasteiger partial charge in [-0.15, -0.1) is 11.8 Å². The van der Waals surface area contributed by atoms with Crippen molar-refractivity contribution in [1.29, 1.82) is 0 Å². The maximum atomic E-state index is 13.1. The highest BCUT2D eigenvalue weighted by Crippen LogP contribution is 2.47. The second-order valence-corrected chi connectivity index (χ2v) is 12.6. The van der Waals surface area contributed by atoms with Gasteiger partial charge in [0, 0.05) is 38.4 Å². The van der Waals surface area contributed by atoms with Crippen LogP contribution in [-0.2, 0) is 29.1 Å². The van der Waals surface area contributed by atoms with Crippen molar-refractivity contribution >= 4 is 50.3 Å². The van der Waals surface area contributed by atoms with E-state index in [-0.39, 0.29) is 47.8 Å². The van der Waals surface area contributed by atoms with Crippen LogP contribution in [0.3, 0.4) is 0 Å². The van der Waals surface area contributed by atoms with Crippen molar-refractivity contribution in [3.05, 3.63) is 42.5 Å². The highest BCUT2D eigenvalue weighted by atomic mass is 32.2. The van der Waals surface area contributed by atoms with Crippen molar-refractivity contribution < 1.29 is 27.5 Å². The van der Waals surface area contributed by atoms with E-state index in [1.807, 2.05) is 31.2 Å². The lowest BCUT2D eigenvalue weighted by atomic mass is 10.1. The molecule has 2 amide bonds. The summed E-state index contributed by atoms with van der Waals surface area (Å²) in [7, 11) is -3.69. The van der Waals surface area contributed by atoms with Crippen LogP contribution < -0.4 is 0 Å². The van der Waals surface area contributed by atoms with E-state index in [4.69, 9.17) is 4.74 Å². The van der Waals surface area contributed by atoms with Gasteiger partial charge in [0.2, 0.25) is 15.9 Å². The minimum absolute atomic E-state index is 0.0606. The Morgan fingerprint density at radius 1 is 1.09 bits per heavy atom. The number of nitrogens with zero attached hydrogens (tertiary/aromatic N) is 3. The Morgan fingerprint density at radius 2 is 1.80 bits per heavy atom. The predicted molar refractivity (Wildman–Crippen MR) is 131 cm³/mol. The van der Waals surface area contributed by atoms with Gasteiger partial charge in [-0.25, -0.2) is 13.2 Å². The number of ether oxygens (including phenoxy) is 1. The topological polar surface area (TPSA) is 104 Å². The number of esters is 1. The van der Waals surface area contributed by atoms with E-state index in [9.17, 15) is 22.8 Å². The summed E-state index contributed by atoms with van der Waals surface area (Å²) in [5.74, 6) is -0.542. The predicted octanol–water partition coefficient (Wildman–Crippen LogP) is 1.67. The first kappa shape index (κ1) is 24.1. The molecule has 3 heterocycles. The summed E-state index contributed by atoms with van der Waals surface area (Å²) in [6.45, 7) is 2.28. The normalized spacial score (nSPS) is 25.2. The first-order chi connectivity index (χ1) is 16.7. The first-order valence-corrected chi connectivity index (χ1v) is 14.0. The minimum Gasteiger partial charge on any atom is -0.454 e. The van der Waals surface area contributed by atoms with Crippen LogP contribution in [0, 0.1) is 0 Å². The lowest BCUT2D eigenvalue weighted by molar-refractivity contribution is -0.158. The molecule has 0 unspecified atom stereocenters. The molecule has 0 aromatic heterocycles. The molecule has 3 saturated heterocycles. The van der Waals surface area contributed by atoms with Gasteiger partial charge in [-0.1, -0.05) is 30.3 Å². The Balaban J connectivity index is 1.15. The molecule has 0 radical (unpaired) electrons. The lowest BCUT2D eigenvalue weighted by Crippen LogP contribution is -2.52. The number of rotatable bonds is 5. The molecule has 11 heteroatoms. The Morgan fingerprint density at radius 3 is 2.54 bits per heavy atom. The van der Waals surface area contributed by atoms with Crippen LogP contribution >= 0.6 is 11.8 Å². The van der Waals surface area contributed by atoms with Gasteiger partial charge in [-0.05, 0) is 36.2 Å². The highest BCUT2D eigenvalue weighted by molar-refractivity contribution is 8.01. The molecule has 2 aromatic rings. The van der Waals surface area contributed by atoms with Crippen molar-refractivity contribution in [2.75, 3.05) is 38.5 Å². The van der Waals surface area contributed by atoms with Crippen LogP contribution in [-0.4, -0.2) is 89.8 Å². The fraction of sp³-hybridized carbons (Fsp3) is 0.458. The van der Waals surface area contributed by atoms with Gasteiger partial charge in [0.1, 0.15) is 6.04 Å². The van der Waals surface area contributed by atoms with Crippen LogP contribution in [0.1, 0.15) is 19.8 Å². The minimum atomic E-state index is -3.69. The molecule has 0 saturated carbocycles. The quantitative estimate of drug-likeness (QED) is 0.556. The summed E-state index contributed by atoms with van der Waals surface area (Å²) < 4.78 is 32.9. The largest absolute Gasteiger partial charge is 0.454 e. The second-order valence-electron chi connectivity index (χ2n) is 9.17. The molecule has 35 heavy (non-hydrogen) atoms. The number of carbonyl (C=O) groups excluding carboxylic acids is 3. The van der Waals surface area contributed by atoms with E-state index < -0.39 is 28.6 Å². The molecular formula is C24H27N3O6S2. The van der Waals surface area contributed by atoms with E-state index in [0.29, 0.717) is 18.6 Å². The molecule has 0 aliphatic carbocycles. The Labute approximate surface area is 208 Å². The Kier molecular flexibility index (Phi) is 6.27. The fourth-order valence-corrected chi connectivity index (χ4v) is 7.84. The number of hydrogen-bond acceptors (Lipinski definition) is 7. The van der Waals surface area contributed by atoms with Gasteiger partial charge in [0.05, 0.1) is 9.77 Å². The van der Waals surface area contributed by atoms with Crippen molar-refractivity contribution in [3.63, 3.8) is 0 Å². The van der Waals surface area contributed by atoms with Gasteiger partial charge >= 0.3 is 5.97 Å². The summed E-state index contributed by atoms with van der Waals surface area (Å²) in [6, 6.07) is 12.0. The third kappa shape index (κ3) is 4.41. The SMILES string of the molecule is C[C@@]12CCC(=O)N1[C@H](C(=O)OCC(=O)N1CCN(S(=O)(=O)c3ccc4ccccc4c3)CC1)CS2. The number of fused-ring (bicyclic) bond motifs is 2. The van der Waals surface area contributed by atoms with Gasteiger partial charge < -0.3 is 14.5 Å². The van der Waals surface area contributed by atoms with Crippen molar-refractivity contribution in [2.45, 2.75) is 35.6 Å². The highest BCUT2D eigenvalue weighted by Gasteiger charge is 2.53. The maximum Gasteiger partial charge on any atom is 0.330 e. The molecule has 3 aliphatic rings. The van der Waals surface area contributed by atoms with Crippen molar-refractivity contribution in [1.82, 2.24) is 14.1 Å². The van der Waals surface area contributed by atoms with Crippen LogP contribution in [0.5, 0.6) is 0 Å². The Bertz CT molecular complexity index is 1290. The zero-order chi connectivity index (χ0) is 24.8. The molecule has 186 valence electrons. The molecule has 3 aliphatic heterocycles. The van der Waals surface area contributed by atoms with E-state index in [1.54, 1.807) is 34.9 Å². The molecule has 2 aromatic carbocycles. The summed E-state index contributed by atoms with van der Waals surface area (Å²) in [5.41, 5.74) is 0. The molecule has 0 spiro atoms. The summed E-state index contributed by atoms with van der Waals surface area (Å²) in [4.78, 5) is 40.4. The number of benzene rings is 2. The third-order valence-corrected chi connectivity index (χ3v) is 10.4. The van der Waals surface area contributed by atoms with Crippen molar-refractivity contribution in [2.24, 2.45) is 0 Å². The number of hydrogen-bond donors (Lipinski definition) is 0. The summed E-state index contributed by atoms with van der Waals surface area (Å²) in [6.07, 6.45) is 1.12. The van der Waals surface area contributed by atoms with Gasteiger partial charge in [-0.2, -0.15) is 4.31 Å². The molecule has 0 N–H and O–H groups in total. The van der Waals surface area contributed by atoms with Crippen molar-refractivity contribution in [3.8, 4) is 0 Å². The van der Waals surface area contributed by atoms with E-state index in [0.717, 1.165) is 10.8 Å². The molecule has 9 nitrogen and oxygen atoms in total. The molecule has 2 atom stereocenters. The molecule has 3 fully saturated rings. The molecular weight excluding hydrogens is 490 g/mol. The number of carbonyl (C=O) groups is 3. The number of sulfonamides is 1. The first-order valence-electron chi connectivity index (χ1n) is 11.6. The average molecular weight is 518 g/mol. The number of piperazine rings is 1. The van der Waals surface area contributed by atoms with E-state index in [2.05, 4.69) is 0 Å². The Hall–Kier alpha value is -2.63. The third-order valence-electron chi connectivity index (χ3n) is 7.00. The zero-order valence-electron chi connectivity index (χ0n) is 19.4. The van der Waals surface area contributed by atoms with E-state index in [1.165, 1.54) is 9.21 Å². The van der Waals surface area contributed by atoms with Crippen LogP contribution in [0.4, 0.5) is 0 Å². The second kappa shape index (κ2) is 9.11. The average Bonchev–Trinajstić information content (AvgIpc) is 3.37. The molecule has 0 bridgehead atoms. The maximum absolute atomic E-state index is 13.1.